The molecule has 21 heavy (non-hydrogen) atoms. The number of para-hydroxylation sites is 1. The summed E-state index contributed by atoms with van der Waals surface area (Å²) in [5.41, 5.74) is 2.21. The molecule has 1 N–H and O–H groups in total. The van der Waals surface area contributed by atoms with E-state index in [9.17, 15) is 0 Å². The summed E-state index contributed by atoms with van der Waals surface area (Å²) < 4.78 is 5.36. The van der Waals surface area contributed by atoms with Crippen LogP contribution in [0.25, 0.3) is 0 Å². The van der Waals surface area contributed by atoms with Crippen LogP contribution in [0.5, 0.6) is 5.75 Å². The number of rotatable bonds is 5. The summed E-state index contributed by atoms with van der Waals surface area (Å²) in [6.45, 7) is 0.107. The van der Waals surface area contributed by atoms with Crippen LogP contribution in [0.3, 0.4) is 0 Å². The van der Waals surface area contributed by atoms with Crippen molar-refractivity contribution in [3.8, 4) is 17.6 Å². The van der Waals surface area contributed by atoms with E-state index >= 15 is 0 Å². The Bertz CT molecular complexity index is 641. The lowest BCUT2D eigenvalue weighted by molar-refractivity contribution is 0.305. The number of methoxy groups -OCH3 is 1. The molecule has 0 radical (unpaired) electrons. The number of hydrogen-bond acceptors (Lipinski definition) is 3. The van der Waals surface area contributed by atoms with E-state index in [0.717, 1.165) is 22.0 Å². The molecule has 3 heteroatoms. The SMILES string of the molecule is COc1ccccc1SCc1cccc(C#CCCO)c1. The molecular formula is C18H18O2S. The number of aliphatic hydroxyl groups is 1. The molecule has 0 amide bonds. The molecule has 2 rings (SSSR count). The summed E-state index contributed by atoms with van der Waals surface area (Å²) in [5, 5.41) is 8.74. The minimum absolute atomic E-state index is 0.107. The maximum Gasteiger partial charge on any atom is 0.132 e. The smallest absolute Gasteiger partial charge is 0.132 e. The minimum atomic E-state index is 0.107. The number of ether oxygens (including phenoxy) is 1. The average Bonchev–Trinajstić information content (AvgIpc) is 2.54. The van der Waals surface area contributed by atoms with E-state index in [0.29, 0.717) is 6.42 Å². The van der Waals surface area contributed by atoms with E-state index in [-0.39, 0.29) is 6.61 Å². The molecule has 0 aliphatic heterocycles. The van der Waals surface area contributed by atoms with E-state index in [2.05, 4.69) is 30.0 Å². The molecule has 2 nitrogen and oxygen atoms in total. The molecule has 0 aliphatic carbocycles. The van der Waals surface area contributed by atoms with Gasteiger partial charge in [0.25, 0.3) is 0 Å². The van der Waals surface area contributed by atoms with Crippen molar-refractivity contribution in [2.24, 2.45) is 0 Å². The fraction of sp³-hybridized carbons (Fsp3) is 0.222. The van der Waals surface area contributed by atoms with Crippen LogP contribution in [0.4, 0.5) is 0 Å². The zero-order chi connectivity index (χ0) is 14.9. The molecule has 0 atom stereocenters. The zero-order valence-corrected chi connectivity index (χ0v) is 12.8. The standard InChI is InChI=1S/C18H18O2S/c1-20-17-10-2-3-11-18(17)21-14-16-9-6-8-15(13-16)7-4-5-12-19/h2-3,6,8-11,13,19H,5,12,14H2,1H3. The van der Waals surface area contributed by atoms with Gasteiger partial charge in [-0.2, -0.15) is 0 Å². The van der Waals surface area contributed by atoms with Crippen molar-refractivity contribution in [2.75, 3.05) is 13.7 Å². The van der Waals surface area contributed by atoms with Crippen molar-refractivity contribution >= 4 is 11.8 Å². The molecule has 0 fully saturated rings. The molecule has 0 unspecified atom stereocenters. The maximum atomic E-state index is 8.74. The van der Waals surface area contributed by atoms with Gasteiger partial charge >= 0.3 is 0 Å². The molecule has 0 saturated carbocycles. The van der Waals surface area contributed by atoms with Crippen LogP contribution < -0.4 is 4.74 Å². The van der Waals surface area contributed by atoms with Gasteiger partial charge in [0.15, 0.2) is 0 Å². The third-order valence-electron chi connectivity index (χ3n) is 2.86. The lowest BCUT2D eigenvalue weighted by atomic mass is 10.1. The summed E-state index contributed by atoms with van der Waals surface area (Å²) in [6.07, 6.45) is 0.514. The van der Waals surface area contributed by atoms with Crippen molar-refractivity contribution in [3.63, 3.8) is 0 Å². The van der Waals surface area contributed by atoms with Gasteiger partial charge in [0.1, 0.15) is 5.75 Å². The van der Waals surface area contributed by atoms with Crippen LogP contribution in [-0.2, 0) is 5.75 Å². The zero-order valence-electron chi connectivity index (χ0n) is 12.0. The Balaban J connectivity index is 2.03. The quantitative estimate of drug-likeness (QED) is 0.674. The number of thioether (sulfide) groups is 1. The minimum Gasteiger partial charge on any atom is -0.496 e. The summed E-state index contributed by atoms with van der Waals surface area (Å²) in [5.74, 6) is 7.78. The second kappa shape index (κ2) is 8.41. The highest BCUT2D eigenvalue weighted by Gasteiger charge is 2.03. The van der Waals surface area contributed by atoms with Gasteiger partial charge in [0, 0.05) is 22.6 Å². The lowest BCUT2D eigenvalue weighted by Gasteiger charge is -2.07. The summed E-state index contributed by atoms with van der Waals surface area (Å²) in [6, 6.07) is 16.2. The van der Waals surface area contributed by atoms with Gasteiger partial charge in [-0.05, 0) is 29.8 Å². The molecule has 0 aromatic heterocycles. The van der Waals surface area contributed by atoms with Crippen LogP contribution in [-0.4, -0.2) is 18.8 Å². The van der Waals surface area contributed by atoms with Gasteiger partial charge in [0.2, 0.25) is 0 Å². The van der Waals surface area contributed by atoms with E-state index < -0.39 is 0 Å². The van der Waals surface area contributed by atoms with Crippen molar-refractivity contribution in [3.05, 3.63) is 59.7 Å². The van der Waals surface area contributed by atoms with Crippen LogP contribution in [0.1, 0.15) is 17.5 Å². The molecule has 2 aromatic carbocycles. The average molecular weight is 298 g/mol. The number of hydrogen-bond donors (Lipinski definition) is 1. The Kier molecular flexibility index (Phi) is 6.21. The van der Waals surface area contributed by atoms with Crippen molar-refractivity contribution in [1.82, 2.24) is 0 Å². The maximum absolute atomic E-state index is 8.74. The first-order valence-corrected chi connectivity index (χ1v) is 7.76. The highest BCUT2D eigenvalue weighted by molar-refractivity contribution is 7.98. The summed E-state index contributed by atoms with van der Waals surface area (Å²) in [7, 11) is 1.69. The Morgan fingerprint density at radius 1 is 1.14 bits per heavy atom. The second-order valence-corrected chi connectivity index (χ2v) is 5.43. The molecule has 108 valence electrons. The third-order valence-corrected chi connectivity index (χ3v) is 3.99. The van der Waals surface area contributed by atoms with Gasteiger partial charge in [-0.15, -0.1) is 11.8 Å². The Labute approximate surface area is 130 Å². The highest BCUT2D eigenvalue weighted by atomic mass is 32.2. The molecule has 0 aliphatic rings. The first kappa shape index (κ1) is 15.5. The number of aliphatic hydroxyl groups excluding tert-OH is 1. The molecule has 0 heterocycles. The summed E-state index contributed by atoms with van der Waals surface area (Å²) in [4.78, 5) is 1.14. The normalized spacial score (nSPS) is 9.81. The third kappa shape index (κ3) is 4.86. The Morgan fingerprint density at radius 2 is 2.00 bits per heavy atom. The largest absolute Gasteiger partial charge is 0.496 e. The molecule has 0 bridgehead atoms. The predicted molar refractivity (Wildman–Crippen MR) is 87.6 cm³/mol. The van der Waals surface area contributed by atoms with E-state index in [1.165, 1.54) is 5.56 Å². The predicted octanol–water partition coefficient (Wildman–Crippen LogP) is 3.72. The summed E-state index contributed by atoms with van der Waals surface area (Å²) >= 11 is 1.75. The van der Waals surface area contributed by atoms with Crippen LogP contribution in [0.15, 0.2) is 53.4 Å². The molecule has 0 spiro atoms. The molecule has 0 saturated heterocycles. The van der Waals surface area contributed by atoms with E-state index in [1.54, 1.807) is 18.9 Å². The first-order valence-electron chi connectivity index (χ1n) is 6.78. The fourth-order valence-electron chi connectivity index (χ4n) is 1.86. The first-order chi connectivity index (χ1) is 10.3. The van der Waals surface area contributed by atoms with Crippen LogP contribution in [0, 0.1) is 11.8 Å². The molecule has 2 aromatic rings. The Morgan fingerprint density at radius 3 is 2.81 bits per heavy atom. The Hall–Kier alpha value is -1.89. The van der Waals surface area contributed by atoms with Gasteiger partial charge in [-0.1, -0.05) is 36.1 Å². The molecular weight excluding hydrogens is 280 g/mol. The van der Waals surface area contributed by atoms with E-state index in [1.807, 2.05) is 30.3 Å². The topological polar surface area (TPSA) is 29.5 Å². The van der Waals surface area contributed by atoms with Crippen molar-refractivity contribution < 1.29 is 9.84 Å². The monoisotopic (exact) mass is 298 g/mol. The lowest BCUT2D eigenvalue weighted by Crippen LogP contribution is -1.87. The number of benzene rings is 2. The van der Waals surface area contributed by atoms with Gasteiger partial charge < -0.3 is 9.84 Å². The fourth-order valence-corrected chi connectivity index (χ4v) is 2.83. The van der Waals surface area contributed by atoms with Crippen molar-refractivity contribution in [2.45, 2.75) is 17.1 Å². The van der Waals surface area contributed by atoms with Crippen molar-refractivity contribution in [1.29, 1.82) is 0 Å². The van der Waals surface area contributed by atoms with Crippen LogP contribution >= 0.6 is 11.8 Å². The highest BCUT2D eigenvalue weighted by Crippen LogP contribution is 2.31. The second-order valence-electron chi connectivity index (χ2n) is 4.42. The van der Waals surface area contributed by atoms with Gasteiger partial charge in [-0.25, -0.2) is 0 Å². The van der Waals surface area contributed by atoms with Gasteiger partial charge in [-0.3, -0.25) is 0 Å². The van der Waals surface area contributed by atoms with E-state index in [4.69, 9.17) is 9.84 Å². The van der Waals surface area contributed by atoms with Gasteiger partial charge in [0.05, 0.1) is 13.7 Å². The van der Waals surface area contributed by atoms with Crippen LogP contribution in [0.2, 0.25) is 0 Å².